The first-order chi connectivity index (χ1) is 9.63. The Bertz CT molecular complexity index is 604. The fraction of sp³-hybridized carbons (Fsp3) is 0.200. The van der Waals surface area contributed by atoms with Gasteiger partial charge in [-0.3, -0.25) is 0 Å². The van der Waals surface area contributed by atoms with Gasteiger partial charge < -0.3 is 14.8 Å². The molecule has 0 unspecified atom stereocenters. The molecule has 0 aliphatic carbocycles. The van der Waals surface area contributed by atoms with Crippen molar-refractivity contribution in [3.8, 4) is 11.5 Å². The maximum Gasteiger partial charge on any atom is 0.161 e. The fourth-order valence-electron chi connectivity index (χ4n) is 1.82. The van der Waals surface area contributed by atoms with Crippen LogP contribution in [-0.4, -0.2) is 14.2 Å². The quantitative estimate of drug-likeness (QED) is 0.742. The van der Waals surface area contributed by atoms with Crippen LogP contribution in [0.5, 0.6) is 11.5 Å². The summed E-state index contributed by atoms with van der Waals surface area (Å²) in [6, 6.07) is 11.7. The minimum absolute atomic E-state index is 0.706. The molecule has 3 nitrogen and oxygen atoms in total. The molecule has 0 amide bonds. The maximum atomic E-state index is 5.94. The molecule has 0 saturated heterocycles. The molecule has 5 heteroatoms. The Hall–Kier alpha value is -1.14. The van der Waals surface area contributed by atoms with Crippen LogP contribution in [0.15, 0.2) is 36.4 Å². The molecule has 20 heavy (non-hydrogen) atoms. The summed E-state index contributed by atoms with van der Waals surface area (Å²) < 4.78 is 11.6. The van der Waals surface area contributed by atoms with Crippen molar-refractivity contribution in [2.24, 2.45) is 0 Å². The van der Waals surface area contributed by atoms with E-state index in [1.54, 1.807) is 14.2 Å². The molecule has 0 aliphatic rings. The van der Waals surface area contributed by atoms with Crippen molar-refractivity contribution in [2.75, 3.05) is 19.5 Å². The van der Waals surface area contributed by atoms with Crippen LogP contribution >= 0.6 is 34.2 Å². The van der Waals surface area contributed by atoms with Crippen molar-refractivity contribution >= 4 is 39.9 Å². The number of nitrogens with one attached hydrogen (secondary N) is 1. The molecule has 0 aromatic heterocycles. The Balaban J connectivity index is 2.10. The van der Waals surface area contributed by atoms with Gasteiger partial charge in [0.05, 0.1) is 14.2 Å². The standard InChI is InChI=1S/C15H15ClINO2/c1-19-14-6-3-10(7-15(14)20-2)9-18-13-5-4-11(16)8-12(13)17/h3-8,18H,9H2,1-2H3. The number of halogens is 2. The number of hydrogen-bond acceptors (Lipinski definition) is 3. The smallest absolute Gasteiger partial charge is 0.161 e. The van der Waals surface area contributed by atoms with E-state index in [4.69, 9.17) is 21.1 Å². The molecule has 2 rings (SSSR count). The Kier molecular flexibility index (Phi) is 5.37. The Morgan fingerprint density at radius 2 is 1.80 bits per heavy atom. The van der Waals surface area contributed by atoms with E-state index in [0.717, 1.165) is 31.3 Å². The summed E-state index contributed by atoms with van der Waals surface area (Å²) in [4.78, 5) is 0. The number of rotatable bonds is 5. The van der Waals surface area contributed by atoms with Gasteiger partial charge in [0.15, 0.2) is 11.5 Å². The van der Waals surface area contributed by atoms with Crippen LogP contribution < -0.4 is 14.8 Å². The van der Waals surface area contributed by atoms with E-state index in [1.165, 1.54) is 0 Å². The van der Waals surface area contributed by atoms with E-state index in [-0.39, 0.29) is 0 Å². The van der Waals surface area contributed by atoms with Crippen LogP contribution in [0.25, 0.3) is 0 Å². The van der Waals surface area contributed by atoms with Gasteiger partial charge in [-0.25, -0.2) is 0 Å². The number of methoxy groups -OCH3 is 2. The second-order valence-corrected chi connectivity index (χ2v) is 5.77. The maximum absolute atomic E-state index is 5.94. The number of hydrogen-bond donors (Lipinski definition) is 1. The lowest BCUT2D eigenvalue weighted by atomic mass is 10.2. The lowest BCUT2D eigenvalue weighted by Crippen LogP contribution is -2.01. The minimum atomic E-state index is 0.706. The Labute approximate surface area is 137 Å². The predicted octanol–water partition coefficient (Wildman–Crippen LogP) is 4.57. The Morgan fingerprint density at radius 3 is 2.45 bits per heavy atom. The van der Waals surface area contributed by atoms with Gasteiger partial charge in [-0.15, -0.1) is 0 Å². The van der Waals surface area contributed by atoms with Gasteiger partial charge in [0.2, 0.25) is 0 Å². The van der Waals surface area contributed by atoms with Gasteiger partial charge in [0.1, 0.15) is 0 Å². The second-order valence-electron chi connectivity index (χ2n) is 4.17. The molecular formula is C15H15ClINO2. The van der Waals surface area contributed by atoms with E-state index in [0.29, 0.717) is 6.54 Å². The van der Waals surface area contributed by atoms with Gasteiger partial charge in [0.25, 0.3) is 0 Å². The first-order valence-corrected chi connectivity index (χ1v) is 7.49. The highest BCUT2D eigenvalue weighted by molar-refractivity contribution is 14.1. The molecule has 2 aromatic carbocycles. The summed E-state index contributed by atoms with van der Waals surface area (Å²) in [5, 5.41) is 4.12. The molecule has 2 aromatic rings. The van der Waals surface area contributed by atoms with Crippen molar-refractivity contribution < 1.29 is 9.47 Å². The zero-order valence-electron chi connectivity index (χ0n) is 11.2. The minimum Gasteiger partial charge on any atom is -0.493 e. The van der Waals surface area contributed by atoms with Gasteiger partial charge in [-0.05, 0) is 58.5 Å². The van der Waals surface area contributed by atoms with Gasteiger partial charge in [-0.2, -0.15) is 0 Å². The van der Waals surface area contributed by atoms with E-state index in [1.807, 2.05) is 36.4 Å². The largest absolute Gasteiger partial charge is 0.493 e. The monoisotopic (exact) mass is 403 g/mol. The molecule has 0 heterocycles. The van der Waals surface area contributed by atoms with Crippen LogP contribution in [0.3, 0.4) is 0 Å². The molecule has 106 valence electrons. The summed E-state index contributed by atoms with van der Waals surface area (Å²) in [7, 11) is 3.27. The van der Waals surface area contributed by atoms with Crippen LogP contribution in [0.4, 0.5) is 5.69 Å². The second kappa shape index (κ2) is 7.04. The lowest BCUT2D eigenvalue weighted by molar-refractivity contribution is 0.354. The van der Waals surface area contributed by atoms with E-state index < -0.39 is 0 Å². The third-order valence-corrected chi connectivity index (χ3v) is 3.99. The molecular weight excluding hydrogens is 389 g/mol. The van der Waals surface area contributed by atoms with Crippen molar-refractivity contribution in [3.05, 3.63) is 50.6 Å². The van der Waals surface area contributed by atoms with Gasteiger partial charge >= 0.3 is 0 Å². The number of ether oxygens (including phenoxy) is 2. The predicted molar refractivity (Wildman–Crippen MR) is 91.0 cm³/mol. The third-order valence-electron chi connectivity index (χ3n) is 2.86. The fourth-order valence-corrected chi connectivity index (χ4v) is 2.88. The van der Waals surface area contributed by atoms with Gasteiger partial charge in [-0.1, -0.05) is 17.7 Å². The highest BCUT2D eigenvalue weighted by Crippen LogP contribution is 2.28. The highest BCUT2D eigenvalue weighted by atomic mass is 127. The first kappa shape index (κ1) is 15.3. The molecule has 0 spiro atoms. The number of benzene rings is 2. The van der Waals surface area contributed by atoms with Crippen molar-refractivity contribution in [1.29, 1.82) is 0 Å². The summed E-state index contributed by atoms with van der Waals surface area (Å²) in [5.41, 5.74) is 2.18. The zero-order valence-corrected chi connectivity index (χ0v) is 14.2. The number of anilines is 1. The molecule has 0 fully saturated rings. The van der Waals surface area contributed by atoms with Crippen LogP contribution in [0, 0.1) is 3.57 Å². The van der Waals surface area contributed by atoms with E-state index >= 15 is 0 Å². The highest BCUT2D eigenvalue weighted by Gasteiger charge is 2.05. The van der Waals surface area contributed by atoms with Crippen LogP contribution in [0.2, 0.25) is 5.02 Å². The molecule has 0 radical (unpaired) electrons. The Morgan fingerprint density at radius 1 is 1.05 bits per heavy atom. The summed E-state index contributed by atoms with van der Waals surface area (Å²) in [6.45, 7) is 0.706. The SMILES string of the molecule is COc1ccc(CNc2ccc(Cl)cc2I)cc1OC. The van der Waals surface area contributed by atoms with Gasteiger partial charge in [0, 0.05) is 20.8 Å². The van der Waals surface area contributed by atoms with E-state index in [2.05, 4.69) is 27.9 Å². The third kappa shape index (κ3) is 3.70. The summed E-state index contributed by atoms with van der Waals surface area (Å²) >= 11 is 8.21. The molecule has 0 atom stereocenters. The average molecular weight is 404 g/mol. The van der Waals surface area contributed by atoms with Crippen molar-refractivity contribution in [1.82, 2.24) is 0 Å². The lowest BCUT2D eigenvalue weighted by Gasteiger charge is -2.12. The normalized spacial score (nSPS) is 10.2. The molecule has 0 saturated carbocycles. The first-order valence-electron chi connectivity index (χ1n) is 6.04. The van der Waals surface area contributed by atoms with E-state index in [9.17, 15) is 0 Å². The molecule has 0 aliphatic heterocycles. The molecule has 0 bridgehead atoms. The van der Waals surface area contributed by atoms with Crippen LogP contribution in [-0.2, 0) is 6.54 Å². The average Bonchev–Trinajstić information content (AvgIpc) is 2.46. The zero-order chi connectivity index (χ0) is 14.5. The van der Waals surface area contributed by atoms with Crippen molar-refractivity contribution in [3.63, 3.8) is 0 Å². The topological polar surface area (TPSA) is 30.5 Å². The van der Waals surface area contributed by atoms with Crippen molar-refractivity contribution in [2.45, 2.75) is 6.54 Å². The summed E-state index contributed by atoms with van der Waals surface area (Å²) in [5.74, 6) is 1.47. The summed E-state index contributed by atoms with van der Waals surface area (Å²) in [6.07, 6.45) is 0. The molecule has 1 N–H and O–H groups in total. The van der Waals surface area contributed by atoms with Crippen LogP contribution in [0.1, 0.15) is 5.56 Å².